The molecule has 4 nitrogen and oxygen atoms in total. The number of ether oxygens (including phenoxy) is 1. The Morgan fingerprint density at radius 2 is 1.89 bits per heavy atom. The van der Waals surface area contributed by atoms with Crippen LogP contribution >= 0.6 is 12.4 Å². The largest absolute Gasteiger partial charge is 0.496 e. The fraction of sp³-hybridized carbons (Fsp3) is 0.409. The second-order valence-electron chi connectivity index (χ2n) is 7.13. The van der Waals surface area contributed by atoms with Gasteiger partial charge in [-0.05, 0) is 50.4 Å². The number of halogens is 1. The molecule has 2 N–H and O–H groups in total. The van der Waals surface area contributed by atoms with Gasteiger partial charge in [0, 0.05) is 17.5 Å². The number of amides is 1. The lowest BCUT2D eigenvalue weighted by molar-refractivity contribution is -0.126. The number of rotatable bonds is 5. The lowest BCUT2D eigenvalue weighted by atomic mass is 9.92. The molecule has 0 aliphatic carbocycles. The summed E-state index contributed by atoms with van der Waals surface area (Å²) in [6.45, 7) is 5.10. The van der Waals surface area contributed by atoms with Crippen molar-refractivity contribution in [3.8, 4) is 16.9 Å². The third-order valence-electron chi connectivity index (χ3n) is 5.18. The maximum Gasteiger partial charge on any atom is 0.223 e. The van der Waals surface area contributed by atoms with Crippen molar-refractivity contribution in [2.24, 2.45) is 5.92 Å². The zero-order valence-corrected chi connectivity index (χ0v) is 17.0. The SMILES string of the molecule is COc1ccccc1-c1ccc(C(C)NC(=O)[C@H]2CCN[C@@H](C)C2)cc1.Cl. The van der Waals surface area contributed by atoms with Crippen LogP contribution in [-0.2, 0) is 4.79 Å². The molecule has 2 aromatic carbocycles. The Labute approximate surface area is 168 Å². The van der Waals surface area contributed by atoms with E-state index in [1.54, 1.807) is 7.11 Å². The molecule has 2 aromatic rings. The molecule has 27 heavy (non-hydrogen) atoms. The minimum Gasteiger partial charge on any atom is -0.496 e. The van der Waals surface area contributed by atoms with Gasteiger partial charge in [0.15, 0.2) is 0 Å². The summed E-state index contributed by atoms with van der Waals surface area (Å²) in [5.74, 6) is 1.14. The highest BCUT2D eigenvalue weighted by Gasteiger charge is 2.25. The third kappa shape index (κ3) is 5.24. The number of methoxy groups -OCH3 is 1. The van der Waals surface area contributed by atoms with E-state index < -0.39 is 0 Å². The topological polar surface area (TPSA) is 50.4 Å². The summed E-state index contributed by atoms with van der Waals surface area (Å²) in [4.78, 5) is 12.5. The van der Waals surface area contributed by atoms with E-state index in [2.05, 4.69) is 47.9 Å². The summed E-state index contributed by atoms with van der Waals surface area (Å²) in [5, 5.41) is 6.57. The Hall–Kier alpha value is -2.04. The van der Waals surface area contributed by atoms with Crippen molar-refractivity contribution in [2.45, 2.75) is 38.8 Å². The molecule has 1 fully saturated rings. The first-order valence-electron chi connectivity index (χ1n) is 9.35. The Morgan fingerprint density at radius 3 is 2.56 bits per heavy atom. The molecule has 5 heteroatoms. The van der Waals surface area contributed by atoms with Crippen LogP contribution in [0.1, 0.15) is 38.3 Å². The van der Waals surface area contributed by atoms with E-state index in [0.29, 0.717) is 6.04 Å². The lowest BCUT2D eigenvalue weighted by Gasteiger charge is -2.28. The molecule has 0 bridgehead atoms. The van der Waals surface area contributed by atoms with Crippen LogP contribution < -0.4 is 15.4 Å². The number of piperidine rings is 1. The van der Waals surface area contributed by atoms with Crippen molar-refractivity contribution < 1.29 is 9.53 Å². The molecule has 0 radical (unpaired) electrons. The average molecular weight is 389 g/mol. The van der Waals surface area contributed by atoms with Crippen molar-refractivity contribution in [2.75, 3.05) is 13.7 Å². The van der Waals surface area contributed by atoms with Crippen LogP contribution in [0.4, 0.5) is 0 Å². The summed E-state index contributed by atoms with van der Waals surface area (Å²) in [6, 6.07) is 16.7. The number of carbonyl (C=O) groups excluding carboxylic acids is 1. The van der Waals surface area contributed by atoms with Crippen LogP contribution in [-0.4, -0.2) is 25.6 Å². The van der Waals surface area contributed by atoms with Crippen LogP contribution in [0.5, 0.6) is 5.75 Å². The van der Waals surface area contributed by atoms with E-state index in [1.165, 1.54) is 0 Å². The number of carbonyl (C=O) groups is 1. The highest BCUT2D eigenvalue weighted by Crippen LogP contribution is 2.30. The van der Waals surface area contributed by atoms with Gasteiger partial charge in [-0.15, -0.1) is 12.4 Å². The zero-order chi connectivity index (χ0) is 18.5. The summed E-state index contributed by atoms with van der Waals surface area (Å²) in [5.41, 5.74) is 3.29. The number of para-hydroxylation sites is 1. The molecular weight excluding hydrogens is 360 g/mol. The standard InChI is InChI=1S/C22H28N2O2.ClH/c1-15-14-19(12-13-23-15)22(25)24-16(2)17-8-10-18(11-9-17)20-6-4-5-7-21(20)26-3;/h4-11,15-16,19,23H,12-14H2,1-3H3,(H,24,25);1H/t15-,16?,19-;/m0./s1. The maximum absolute atomic E-state index is 12.5. The minimum absolute atomic E-state index is 0. The fourth-order valence-electron chi connectivity index (χ4n) is 3.62. The number of hydrogen-bond acceptors (Lipinski definition) is 3. The summed E-state index contributed by atoms with van der Waals surface area (Å²) in [6.07, 6.45) is 1.82. The molecule has 3 atom stereocenters. The van der Waals surface area contributed by atoms with Gasteiger partial charge < -0.3 is 15.4 Å². The first-order valence-corrected chi connectivity index (χ1v) is 9.35. The van der Waals surface area contributed by atoms with Gasteiger partial charge in [-0.25, -0.2) is 0 Å². The van der Waals surface area contributed by atoms with Crippen molar-refractivity contribution in [3.05, 3.63) is 54.1 Å². The molecule has 1 heterocycles. The maximum atomic E-state index is 12.5. The van der Waals surface area contributed by atoms with Gasteiger partial charge in [-0.2, -0.15) is 0 Å². The number of nitrogens with one attached hydrogen (secondary N) is 2. The highest BCUT2D eigenvalue weighted by atomic mass is 35.5. The van der Waals surface area contributed by atoms with Crippen molar-refractivity contribution in [1.82, 2.24) is 10.6 Å². The Bertz CT molecular complexity index is 748. The minimum atomic E-state index is -0.000546. The second kappa shape index (κ2) is 9.77. The van der Waals surface area contributed by atoms with E-state index in [9.17, 15) is 4.79 Å². The van der Waals surface area contributed by atoms with Crippen LogP contribution in [0.15, 0.2) is 48.5 Å². The normalized spacial score (nSPS) is 20.3. The molecule has 0 saturated carbocycles. The molecule has 0 aromatic heterocycles. The Balaban J connectivity index is 0.00000261. The lowest BCUT2D eigenvalue weighted by Crippen LogP contribution is -2.42. The van der Waals surface area contributed by atoms with Gasteiger partial charge in [-0.1, -0.05) is 42.5 Å². The second-order valence-corrected chi connectivity index (χ2v) is 7.13. The van der Waals surface area contributed by atoms with Crippen LogP contribution in [0, 0.1) is 5.92 Å². The fourth-order valence-corrected chi connectivity index (χ4v) is 3.62. The van der Waals surface area contributed by atoms with Gasteiger partial charge in [0.25, 0.3) is 0 Å². The molecule has 1 amide bonds. The quantitative estimate of drug-likeness (QED) is 0.800. The molecule has 0 spiro atoms. The van der Waals surface area contributed by atoms with E-state index >= 15 is 0 Å². The highest BCUT2D eigenvalue weighted by molar-refractivity contribution is 5.85. The smallest absolute Gasteiger partial charge is 0.223 e. The zero-order valence-electron chi connectivity index (χ0n) is 16.2. The number of hydrogen-bond donors (Lipinski definition) is 2. The number of benzene rings is 2. The van der Waals surface area contributed by atoms with Gasteiger partial charge in [-0.3, -0.25) is 4.79 Å². The van der Waals surface area contributed by atoms with Gasteiger partial charge in [0.2, 0.25) is 5.91 Å². The Kier molecular flexibility index (Phi) is 7.69. The van der Waals surface area contributed by atoms with Gasteiger partial charge in [0.05, 0.1) is 13.2 Å². The third-order valence-corrected chi connectivity index (χ3v) is 5.18. The van der Waals surface area contributed by atoms with E-state index in [0.717, 1.165) is 41.8 Å². The monoisotopic (exact) mass is 388 g/mol. The van der Waals surface area contributed by atoms with E-state index in [4.69, 9.17) is 4.74 Å². The molecule has 1 aliphatic rings. The van der Waals surface area contributed by atoms with Crippen molar-refractivity contribution in [1.29, 1.82) is 0 Å². The predicted molar refractivity (Wildman–Crippen MR) is 112 cm³/mol. The van der Waals surface area contributed by atoms with E-state index in [1.807, 2.05) is 25.1 Å². The van der Waals surface area contributed by atoms with Gasteiger partial charge in [0.1, 0.15) is 5.75 Å². The average Bonchev–Trinajstić information content (AvgIpc) is 2.68. The van der Waals surface area contributed by atoms with Crippen LogP contribution in [0.3, 0.4) is 0 Å². The van der Waals surface area contributed by atoms with E-state index in [-0.39, 0.29) is 30.3 Å². The summed E-state index contributed by atoms with van der Waals surface area (Å²) < 4.78 is 5.44. The van der Waals surface area contributed by atoms with Crippen LogP contribution in [0.25, 0.3) is 11.1 Å². The summed E-state index contributed by atoms with van der Waals surface area (Å²) >= 11 is 0. The molecule has 1 aliphatic heterocycles. The predicted octanol–water partition coefficient (Wildman–Crippen LogP) is 4.35. The molecule has 1 saturated heterocycles. The Morgan fingerprint density at radius 1 is 1.19 bits per heavy atom. The molecule has 3 rings (SSSR count). The molecule has 1 unspecified atom stereocenters. The van der Waals surface area contributed by atoms with Crippen molar-refractivity contribution in [3.63, 3.8) is 0 Å². The first-order chi connectivity index (χ1) is 12.6. The van der Waals surface area contributed by atoms with Crippen molar-refractivity contribution >= 4 is 18.3 Å². The summed E-state index contributed by atoms with van der Waals surface area (Å²) in [7, 11) is 1.69. The molecular formula is C22H29ClN2O2. The van der Waals surface area contributed by atoms with Gasteiger partial charge >= 0.3 is 0 Å². The first kappa shape index (κ1) is 21.3. The van der Waals surface area contributed by atoms with Crippen LogP contribution in [0.2, 0.25) is 0 Å². The molecule has 146 valence electrons.